The van der Waals surface area contributed by atoms with Crippen molar-refractivity contribution < 1.29 is 14.3 Å². The fourth-order valence-corrected chi connectivity index (χ4v) is 6.89. The van der Waals surface area contributed by atoms with Crippen LogP contribution in [-0.2, 0) is 16.1 Å². The number of allylic oxidation sites excluding steroid dienone is 1. The number of fused-ring (bicyclic) bond motifs is 2. The highest BCUT2D eigenvalue weighted by molar-refractivity contribution is 7.07. The Kier molecular flexibility index (Phi) is 8.01. The number of nitrogens with zero attached hydrogens (tertiary/aromatic N) is 3. The molecule has 218 valence electrons. The molecule has 0 fully saturated rings. The lowest BCUT2D eigenvalue weighted by molar-refractivity contribution is -0.139. The molecule has 0 amide bonds. The van der Waals surface area contributed by atoms with E-state index in [2.05, 4.69) is 9.56 Å². The molecule has 0 bridgehead atoms. The molecule has 0 radical (unpaired) electrons. The summed E-state index contributed by atoms with van der Waals surface area (Å²) in [5.74, 6) is 0.175. The Labute approximate surface area is 261 Å². The highest BCUT2D eigenvalue weighted by Gasteiger charge is 2.33. The minimum Gasteiger partial charge on any atom is -0.497 e. The summed E-state index contributed by atoms with van der Waals surface area (Å²) in [6.45, 7) is 4.27. The van der Waals surface area contributed by atoms with Crippen molar-refractivity contribution in [2.45, 2.75) is 26.4 Å². The zero-order chi connectivity index (χ0) is 30.2. The molecule has 0 unspecified atom stereocenters. The van der Waals surface area contributed by atoms with Crippen LogP contribution in [0.5, 0.6) is 5.75 Å². The molecule has 1 aliphatic heterocycles. The molecule has 5 aromatic rings. The Morgan fingerprint density at radius 1 is 1.09 bits per heavy atom. The van der Waals surface area contributed by atoms with E-state index in [1.807, 2.05) is 72.9 Å². The molecular formula is C33H27Cl2N3O4S. The van der Waals surface area contributed by atoms with Crippen LogP contribution in [0.15, 0.2) is 94.0 Å². The maximum atomic E-state index is 14.1. The normalized spacial score (nSPS) is 15.0. The number of ether oxygens (including phenoxy) is 2. The van der Waals surface area contributed by atoms with Crippen LogP contribution in [0.25, 0.3) is 17.0 Å². The van der Waals surface area contributed by atoms with Crippen LogP contribution in [0.2, 0.25) is 10.0 Å². The lowest BCUT2D eigenvalue weighted by Crippen LogP contribution is -2.39. The van der Waals surface area contributed by atoms with Gasteiger partial charge in [0.05, 0.1) is 35.6 Å². The first kappa shape index (κ1) is 29.0. The second kappa shape index (κ2) is 11.9. The van der Waals surface area contributed by atoms with Crippen LogP contribution in [0.4, 0.5) is 0 Å². The first-order chi connectivity index (χ1) is 20.8. The number of carbonyl (C=O) groups is 1. The van der Waals surface area contributed by atoms with Crippen molar-refractivity contribution in [2.24, 2.45) is 4.99 Å². The first-order valence-corrected chi connectivity index (χ1v) is 15.2. The van der Waals surface area contributed by atoms with Crippen molar-refractivity contribution in [2.75, 3.05) is 13.7 Å². The molecule has 1 atom stereocenters. The van der Waals surface area contributed by atoms with E-state index in [0.717, 1.165) is 27.6 Å². The van der Waals surface area contributed by atoms with E-state index in [4.69, 9.17) is 32.7 Å². The molecule has 0 saturated heterocycles. The first-order valence-electron chi connectivity index (χ1n) is 13.6. The minimum absolute atomic E-state index is 0.209. The third-order valence-corrected chi connectivity index (χ3v) is 8.98. The fraction of sp³-hybridized carbons (Fsp3) is 0.182. The van der Waals surface area contributed by atoms with Crippen LogP contribution >= 0.6 is 34.5 Å². The second-order valence-corrected chi connectivity index (χ2v) is 11.9. The SMILES string of the molecule is CCOC(=O)C1=C(C)N=c2s/c(=C\c3cn(Cc4ccc(Cl)cc4Cl)c4ccccc34)c(=O)n2[C@H]1c1ccc(OC)cc1. The molecule has 0 saturated carbocycles. The van der Waals surface area contributed by atoms with E-state index < -0.39 is 12.0 Å². The number of thiazole rings is 1. The van der Waals surface area contributed by atoms with Gasteiger partial charge >= 0.3 is 5.97 Å². The third-order valence-electron chi connectivity index (χ3n) is 7.41. The second-order valence-electron chi connectivity index (χ2n) is 10.0. The molecule has 3 heterocycles. The predicted molar refractivity (Wildman–Crippen MR) is 171 cm³/mol. The average Bonchev–Trinajstić information content (AvgIpc) is 3.50. The molecular weight excluding hydrogens is 605 g/mol. The van der Waals surface area contributed by atoms with Gasteiger partial charge in [-0.2, -0.15) is 0 Å². The van der Waals surface area contributed by atoms with Gasteiger partial charge in [0.1, 0.15) is 5.75 Å². The van der Waals surface area contributed by atoms with Crippen molar-refractivity contribution >= 4 is 57.5 Å². The topological polar surface area (TPSA) is 74.8 Å². The molecule has 3 aromatic carbocycles. The Balaban J connectivity index is 1.50. The predicted octanol–water partition coefficient (Wildman–Crippen LogP) is 6.12. The van der Waals surface area contributed by atoms with Gasteiger partial charge in [-0.05, 0) is 61.4 Å². The van der Waals surface area contributed by atoms with E-state index >= 15 is 0 Å². The highest BCUT2D eigenvalue weighted by Crippen LogP contribution is 2.32. The van der Waals surface area contributed by atoms with Crippen LogP contribution in [0.1, 0.15) is 36.6 Å². The van der Waals surface area contributed by atoms with Crippen molar-refractivity contribution in [3.05, 3.63) is 131 Å². The molecule has 7 nitrogen and oxygen atoms in total. The van der Waals surface area contributed by atoms with E-state index in [9.17, 15) is 9.59 Å². The molecule has 10 heteroatoms. The molecule has 2 aromatic heterocycles. The van der Waals surface area contributed by atoms with Gasteiger partial charge in [0, 0.05) is 39.3 Å². The van der Waals surface area contributed by atoms with Gasteiger partial charge < -0.3 is 14.0 Å². The number of aromatic nitrogens is 2. The minimum atomic E-state index is -0.697. The van der Waals surface area contributed by atoms with Gasteiger partial charge in [0.15, 0.2) is 4.80 Å². The number of carbonyl (C=O) groups excluding carboxylic acids is 1. The summed E-state index contributed by atoms with van der Waals surface area (Å²) in [6, 6.07) is 20.1. The van der Waals surface area contributed by atoms with Crippen LogP contribution < -0.4 is 19.6 Å². The van der Waals surface area contributed by atoms with E-state index in [1.54, 1.807) is 31.6 Å². The number of methoxy groups -OCH3 is 1. The molecule has 0 spiro atoms. The lowest BCUT2D eigenvalue weighted by Gasteiger charge is -2.24. The van der Waals surface area contributed by atoms with E-state index in [1.165, 1.54) is 11.3 Å². The van der Waals surface area contributed by atoms with Crippen molar-refractivity contribution in [3.63, 3.8) is 0 Å². The summed E-state index contributed by atoms with van der Waals surface area (Å²) in [7, 11) is 1.59. The maximum Gasteiger partial charge on any atom is 0.338 e. The van der Waals surface area contributed by atoms with Gasteiger partial charge in [-0.25, -0.2) is 9.79 Å². The summed E-state index contributed by atoms with van der Waals surface area (Å²) in [5.41, 5.74) is 4.18. The molecule has 0 aliphatic carbocycles. The Bertz CT molecular complexity index is 2090. The maximum absolute atomic E-state index is 14.1. The van der Waals surface area contributed by atoms with Gasteiger partial charge in [0.2, 0.25) is 0 Å². The Morgan fingerprint density at radius 3 is 2.58 bits per heavy atom. The summed E-state index contributed by atoms with van der Waals surface area (Å²) in [6.07, 6.45) is 3.91. The average molecular weight is 633 g/mol. The third kappa shape index (κ3) is 5.42. The van der Waals surface area contributed by atoms with Crippen molar-refractivity contribution in [3.8, 4) is 5.75 Å². The van der Waals surface area contributed by atoms with Crippen molar-refractivity contribution in [1.82, 2.24) is 9.13 Å². The number of hydrogen-bond donors (Lipinski definition) is 0. The summed E-state index contributed by atoms with van der Waals surface area (Å²) in [5, 5.41) is 2.16. The number of rotatable bonds is 7. The van der Waals surface area contributed by atoms with Gasteiger partial charge in [0.25, 0.3) is 5.56 Å². The molecule has 6 rings (SSSR count). The van der Waals surface area contributed by atoms with Crippen LogP contribution in [0, 0.1) is 0 Å². The number of benzene rings is 3. The zero-order valence-corrected chi connectivity index (χ0v) is 26.0. The molecule has 43 heavy (non-hydrogen) atoms. The summed E-state index contributed by atoms with van der Waals surface area (Å²) in [4.78, 5) is 32.5. The number of para-hydroxylation sites is 1. The Hall–Kier alpha value is -4.11. The van der Waals surface area contributed by atoms with Gasteiger partial charge in [-0.1, -0.05) is 70.9 Å². The zero-order valence-electron chi connectivity index (χ0n) is 23.6. The van der Waals surface area contributed by atoms with E-state index in [0.29, 0.717) is 42.9 Å². The highest BCUT2D eigenvalue weighted by atomic mass is 35.5. The van der Waals surface area contributed by atoms with E-state index in [-0.39, 0.29) is 12.2 Å². The smallest absolute Gasteiger partial charge is 0.338 e. The van der Waals surface area contributed by atoms with Crippen LogP contribution in [0.3, 0.4) is 0 Å². The Morgan fingerprint density at radius 2 is 1.86 bits per heavy atom. The number of hydrogen-bond acceptors (Lipinski definition) is 6. The standard InChI is InChI=1S/C33H27Cl2N3O4S/c1-4-42-32(40)29-19(2)36-33-38(30(29)20-10-13-24(41-3)14-11-20)31(39)28(43-33)15-22-18-37(27-8-6-5-7-25(22)27)17-21-9-12-23(34)16-26(21)35/h5-16,18,30H,4,17H2,1-3H3/b28-15-/t30-/m0/s1. The lowest BCUT2D eigenvalue weighted by atomic mass is 9.96. The summed E-state index contributed by atoms with van der Waals surface area (Å²) >= 11 is 13.9. The van der Waals surface area contributed by atoms with Gasteiger partial charge in [-0.3, -0.25) is 9.36 Å². The largest absolute Gasteiger partial charge is 0.497 e. The monoisotopic (exact) mass is 631 g/mol. The molecule has 0 N–H and O–H groups in total. The number of esters is 1. The van der Waals surface area contributed by atoms with Gasteiger partial charge in [-0.15, -0.1) is 0 Å². The summed E-state index contributed by atoms with van der Waals surface area (Å²) < 4.78 is 14.9. The number of halogens is 2. The van der Waals surface area contributed by atoms with Crippen LogP contribution in [-0.4, -0.2) is 28.8 Å². The van der Waals surface area contributed by atoms with Crippen molar-refractivity contribution in [1.29, 1.82) is 0 Å². The quantitative estimate of drug-likeness (QED) is 0.203. The fourth-order valence-electron chi connectivity index (χ4n) is 5.39. The molecule has 1 aliphatic rings.